The molecule has 2 aromatic carbocycles. The molecule has 0 amide bonds. The van der Waals surface area contributed by atoms with Gasteiger partial charge in [0, 0.05) is 42.0 Å². The normalized spacial score (nSPS) is 11.1. The van der Waals surface area contributed by atoms with E-state index in [1.165, 1.54) is 11.5 Å². The molecule has 28 heavy (non-hydrogen) atoms. The van der Waals surface area contributed by atoms with Crippen LogP contribution in [-0.2, 0) is 6.54 Å². The minimum Gasteiger partial charge on any atom is -0.395 e. The summed E-state index contributed by atoms with van der Waals surface area (Å²) >= 11 is 7.93. The van der Waals surface area contributed by atoms with Gasteiger partial charge in [-0.15, -0.1) is 0 Å². The molecule has 0 bridgehead atoms. The van der Waals surface area contributed by atoms with E-state index in [9.17, 15) is 0 Å². The number of hydrogen-bond donors (Lipinski definition) is 3. The topological polar surface area (TPSA) is 70.1 Å². The van der Waals surface area contributed by atoms with Gasteiger partial charge in [0.1, 0.15) is 0 Å². The average molecular weight is 411 g/mol. The van der Waals surface area contributed by atoms with Gasteiger partial charge in [0.15, 0.2) is 5.82 Å². The quantitative estimate of drug-likeness (QED) is 0.380. The minimum atomic E-state index is 0.116. The molecule has 2 heterocycles. The van der Waals surface area contributed by atoms with E-state index in [0.717, 1.165) is 38.3 Å². The lowest BCUT2D eigenvalue weighted by Gasteiger charge is -2.09. The van der Waals surface area contributed by atoms with Gasteiger partial charge in [0.05, 0.1) is 22.0 Å². The van der Waals surface area contributed by atoms with Crippen molar-refractivity contribution in [1.82, 2.24) is 14.7 Å². The Balaban J connectivity index is 1.61. The number of nitrogens with one attached hydrogen (secondary N) is 2. The first-order valence-electron chi connectivity index (χ1n) is 8.92. The van der Waals surface area contributed by atoms with E-state index in [1.54, 1.807) is 6.20 Å². The number of pyridine rings is 1. The van der Waals surface area contributed by atoms with E-state index in [0.29, 0.717) is 18.1 Å². The number of aliphatic hydroxyl groups excluding tert-OH is 1. The predicted molar refractivity (Wildman–Crippen MR) is 116 cm³/mol. The monoisotopic (exact) mass is 410 g/mol. The molecule has 0 atom stereocenters. The summed E-state index contributed by atoms with van der Waals surface area (Å²) < 4.78 is 5.72. The highest BCUT2D eigenvalue weighted by atomic mass is 35.5. The summed E-state index contributed by atoms with van der Waals surface area (Å²) in [4.78, 5) is 4.22. The summed E-state index contributed by atoms with van der Waals surface area (Å²) in [5.74, 6) is 0.791. The molecule has 0 saturated heterocycles. The van der Waals surface area contributed by atoms with Crippen molar-refractivity contribution in [1.29, 1.82) is 0 Å². The number of nitrogens with zero attached hydrogens (tertiary/aromatic N) is 2. The number of anilines is 2. The maximum Gasteiger partial charge on any atom is 0.152 e. The molecule has 0 unspecified atom stereocenters. The van der Waals surface area contributed by atoms with Crippen molar-refractivity contribution in [2.75, 3.05) is 18.5 Å². The van der Waals surface area contributed by atoms with Crippen molar-refractivity contribution < 1.29 is 5.11 Å². The van der Waals surface area contributed by atoms with Crippen LogP contribution in [0.25, 0.3) is 21.2 Å². The highest BCUT2D eigenvalue weighted by molar-refractivity contribution is 7.14. The van der Waals surface area contributed by atoms with Gasteiger partial charge >= 0.3 is 0 Å². The van der Waals surface area contributed by atoms with Crippen molar-refractivity contribution in [3.8, 4) is 11.1 Å². The molecule has 0 saturated carbocycles. The molecule has 0 aliphatic heterocycles. The standard InChI is InChI=1S/C21H19ClN4OS/c22-18-11-14(12-24-9-10-27)6-7-19(18)25-21-17-5-1-4-16(20(17)28-26-21)15-3-2-8-23-13-15/h1-8,11,13,24,27H,9-10,12H2,(H,25,26). The Bertz CT molecular complexity index is 1080. The zero-order valence-electron chi connectivity index (χ0n) is 15.0. The summed E-state index contributed by atoms with van der Waals surface area (Å²) in [5, 5.41) is 17.0. The fourth-order valence-electron chi connectivity index (χ4n) is 3.01. The fraction of sp³-hybridized carbons (Fsp3) is 0.143. The van der Waals surface area contributed by atoms with Crippen LogP contribution >= 0.6 is 23.1 Å². The third-order valence-electron chi connectivity index (χ3n) is 4.38. The van der Waals surface area contributed by atoms with Crippen molar-refractivity contribution in [2.24, 2.45) is 0 Å². The SMILES string of the molecule is OCCNCc1ccc(Nc2nsc3c(-c4cccnc4)cccc23)c(Cl)c1. The molecule has 2 aromatic heterocycles. The van der Waals surface area contributed by atoms with Gasteiger partial charge in [0.25, 0.3) is 0 Å². The zero-order valence-corrected chi connectivity index (χ0v) is 16.6. The first-order valence-corrected chi connectivity index (χ1v) is 10.1. The highest BCUT2D eigenvalue weighted by Gasteiger charge is 2.12. The van der Waals surface area contributed by atoms with Gasteiger partial charge in [-0.1, -0.05) is 35.9 Å². The Labute approximate surface area is 172 Å². The Morgan fingerprint density at radius 1 is 1.11 bits per heavy atom. The lowest BCUT2D eigenvalue weighted by molar-refractivity contribution is 0.292. The van der Waals surface area contributed by atoms with Crippen LogP contribution in [0, 0.1) is 0 Å². The molecule has 0 aliphatic carbocycles. The van der Waals surface area contributed by atoms with Crippen LogP contribution in [0.15, 0.2) is 60.9 Å². The summed E-state index contributed by atoms with van der Waals surface area (Å²) in [5.41, 5.74) is 4.06. The number of halogens is 1. The Morgan fingerprint density at radius 3 is 2.82 bits per heavy atom. The zero-order chi connectivity index (χ0) is 19.3. The molecule has 5 nitrogen and oxygen atoms in total. The molecule has 0 radical (unpaired) electrons. The second-order valence-electron chi connectivity index (χ2n) is 6.29. The van der Waals surface area contributed by atoms with Gasteiger partial charge in [-0.05, 0) is 41.4 Å². The van der Waals surface area contributed by atoms with Crippen LogP contribution in [0.5, 0.6) is 0 Å². The molecule has 0 fully saturated rings. The maximum atomic E-state index is 8.86. The maximum absolute atomic E-state index is 8.86. The van der Waals surface area contributed by atoms with Gasteiger partial charge in [-0.2, -0.15) is 4.37 Å². The number of hydrogen-bond acceptors (Lipinski definition) is 6. The molecule has 0 spiro atoms. The van der Waals surface area contributed by atoms with Crippen molar-refractivity contribution >= 4 is 44.7 Å². The number of fused-ring (bicyclic) bond motifs is 1. The van der Waals surface area contributed by atoms with Gasteiger partial charge in [0.2, 0.25) is 0 Å². The van der Waals surface area contributed by atoms with E-state index in [1.807, 2.05) is 36.5 Å². The Morgan fingerprint density at radius 2 is 2.04 bits per heavy atom. The third kappa shape index (κ3) is 4.00. The van der Waals surface area contributed by atoms with E-state index >= 15 is 0 Å². The van der Waals surface area contributed by atoms with E-state index < -0.39 is 0 Å². The van der Waals surface area contributed by atoms with E-state index in [2.05, 4.69) is 38.2 Å². The lowest BCUT2D eigenvalue weighted by atomic mass is 10.1. The third-order valence-corrected chi connectivity index (χ3v) is 5.58. The molecule has 4 aromatic rings. The van der Waals surface area contributed by atoms with Crippen LogP contribution in [0.4, 0.5) is 11.5 Å². The molecule has 4 rings (SSSR count). The lowest BCUT2D eigenvalue weighted by Crippen LogP contribution is -2.17. The Hall–Kier alpha value is -2.51. The smallest absolute Gasteiger partial charge is 0.152 e. The molecule has 142 valence electrons. The van der Waals surface area contributed by atoms with Crippen molar-refractivity contribution in [3.63, 3.8) is 0 Å². The van der Waals surface area contributed by atoms with Gasteiger partial charge < -0.3 is 15.7 Å². The molecular formula is C21H19ClN4OS. The fourth-order valence-corrected chi connectivity index (χ4v) is 4.14. The minimum absolute atomic E-state index is 0.116. The van der Waals surface area contributed by atoms with Crippen LogP contribution in [0.2, 0.25) is 5.02 Å². The molecule has 3 N–H and O–H groups in total. The number of benzene rings is 2. The van der Waals surface area contributed by atoms with Crippen molar-refractivity contribution in [2.45, 2.75) is 6.54 Å². The second kappa shape index (κ2) is 8.67. The van der Waals surface area contributed by atoms with Gasteiger partial charge in [-0.25, -0.2) is 0 Å². The summed E-state index contributed by atoms with van der Waals surface area (Å²) in [6.45, 7) is 1.33. The van der Waals surface area contributed by atoms with E-state index in [-0.39, 0.29) is 6.61 Å². The van der Waals surface area contributed by atoms with Crippen LogP contribution in [-0.4, -0.2) is 27.6 Å². The first kappa shape index (κ1) is 18.8. The number of aliphatic hydroxyl groups is 1. The second-order valence-corrected chi connectivity index (χ2v) is 7.48. The first-order chi connectivity index (χ1) is 13.8. The van der Waals surface area contributed by atoms with Crippen LogP contribution < -0.4 is 10.6 Å². The average Bonchev–Trinajstić information content (AvgIpc) is 3.14. The summed E-state index contributed by atoms with van der Waals surface area (Å²) in [6.07, 6.45) is 3.64. The largest absolute Gasteiger partial charge is 0.395 e. The molecule has 7 heteroatoms. The highest BCUT2D eigenvalue weighted by Crippen LogP contribution is 2.37. The molecular weight excluding hydrogens is 392 g/mol. The van der Waals surface area contributed by atoms with E-state index in [4.69, 9.17) is 16.7 Å². The number of aromatic nitrogens is 2. The van der Waals surface area contributed by atoms with Gasteiger partial charge in [-0.3, -0.25) is 4.98 Å². The van der Waals surface area contributed by atoms with Crippen molar-refractivity contribution in [3.05, 3.63) is 71.5 Å². The molecule has 0 aliphatic rings. The Kier molecular flexibility index (Phi) is 5.83. The summed E-state index contributed by atoms with van der Waals surface area (Å²) in [6, 6.07) is 16.0. The predicted octanol–water partition coefficient (Wildman–Crippen LogP) is 4.84. The van der Waals surface area contributed by atoms with Crippen LogP contribution in [0.1, 0.15) is 5.56 Å². The number of rotatable bonds is 7. The summed E-state index contributed by atoms with van der Waals surface area (Å²) in [7, 11) is 0. The van der Waals surface area contributed by atoms with Crippen LogP contribution in [0.3, 0.4) is 0 Å².